The molecule has 2 aromatic rings. The Labute approximate surface area is 132 Å². The third-order valence-corrected chi connectivity index (χ3v) is 3.90. The summed E-state index contributed by atoms with van der Waals surface area (Å²) in [6.07, 6.45) is 4.18. The molecule has 1 atom stereocenters. The van der Waals surface area contributed by atoms with Crippen molar-refractivity contribution in [1.29, 1.82) is 0 Å². The zero-order valence-corrected chi connectivity index (χ0v) is 12.7. The Bertz CT molecular complexity index is 726. The third-order valence-electron chi connectivity index (χ3n) is 3.90. The molecule has 7 heteroatoms. The van der Waals surface area contributed by atoms with Gasteiger partial charge in [-0.2, -0.15) is 5.10 Å². The summed E-state index contributed by atoms with van der Waals surface area (Å²) in [5.41, 5.74) is 1.23. The first kappa shape index (κ1) is 15.2. The van der Waals surface area contributed by atoms with Crippen molar-refractivity contribution >= 4 is 23.2 Å². The highest BCUT2D eigenvalue weighted by atomic mass is 19.1. The van der Waals surface area contributed by atoms with Crippen molar-refractivity contribution in [1.82, 2.24) is 9.78 Å². The maximum Gasteiger partial charge on any atom is 0.229 e. The van der Waals surface area contributed by atoms with Gasteiger partial charge in [0.05, 0.1) is 17.8 Å². The summed E-state index contributed by atoms with van der Waals surface area (Å²) < 4.78 is 14.5. The molecule has 1 aromatic carbocycles. The number of halogens is 1. The molecule has 0 bridgehead atoms. The van der Waals surface area contributed by atoms with E-state index in [1.165, 1.54) is 24.3 Å². The van der Waals surface area contributed by atoms with E-state index in [1.54, 1.807) is 29.0 Å². The van der Waals surface area contributed by atoms with Crippen molar-refractivity contribution < 1.29 is 14.0 Å². The van der Waals surface area contributed by atoms with Gasteiger partial charge in [0, 0.05) is 31.9 Å². The number of piperidine rings is 1. The highest BCUT2D eigenvalue weighted by molar-refractivity contribution is 5.98. The molecule has 3 rings (SSSR count). The molecule has 2 amide bonds. The van der Waals surface area contributed by atoms with Gasteiger partial charge in [0.1, 0.15) is 5.82 Å². The minimum absolute atomic E-state index is 0.0103. The summed E-state index contributed by atoms with van der Waals surface area (Å²) in [5, 5.41) is 6.83. The molecule has 1 fully saturated rings. The lowest BCUT2D eigenvalue weighted by Gasteiger charge is -2.30. The van der Waals surface area contributed by atoms with Crippen molar-refractivity contribution in [3.8, 4) is 0 Å². The first-order chi connectivity index (χ1) is 11.0. The Morgan fingerprint density at radius 1 is 1.35 bits per heavy atom. The summed E-state index contributed by atoms with van der Waals surface area (Å²) in [7, 11) is 1.77. The van der Waals surface area contributed by atoms with Gasteiger partial charge in [-0.3, -0.25) is 14.3 Å². The van der Waals surface area contributed by atoms with Crippen LogP contribution in [0.3, 0.4) is 0 Å². The topological polar surface area (TPSA) is 67.2 Å². The van der Waals surface area contributed by atoms with Gasteiger partial charge < -0.3 is 10.2 Å². The highest BCUT2D eigenvalue weighted by Gasteiger charge is 2.31. The van der Waals surface area contributed by atoms with Gasteiger partial charge in [0.25, 0.3) is 0 Å². The number of anilines is 2. The molecule has 6 nitrogen and oxygen atoms in total. The van der Waals surface area contributed by atoms with Crippen molar-refractivity contribution in [3.05, 3.63) is 42.5 Å². The van der Waals surface area contributed by atoms with E-state index in [9.17, 15) is 14.0 Å². The highest BCUT2D eigenvalue weighted by Crippen LogP contribution is 2.24. The first-order valence-corrected chi connectivity index (χ1v) is 7.38. The van der Waals surface area contributed by atoms with Crippen LogP contribution in [0, 0.1) is 11.7 Å². The maximum absolute atomic E-state index is 12.9. The molecular formula is C16H17FN4O2. The van der Waals surface area contributed by atoms with Crippen LogP contribution in [0.1, 0.15) is 12.8 Å². The summed E-state index contributed by atoms with van der Waals surface area (Å²) in [6, 6.07) is 5.62. The zero-order valence-electron chi connectivity index (χ0n) is 12.7. The molecule has 1 unspecified atom stereocenters. The van der Waals surface area contributed by atoms with E-state index >= 15 is 0 Å². The van der Waals surface area contributed by atoms with E-state index in [4.69, 9.17) is 0 Å². The monoisotopic (exact) mass is 316 g/mol. The first-order valence-electron chi connectivity index (χ1n) is 7.38. The number of carbonyl (C=O) groups is 2. The smallest absolute Gasteiger partial charge is 0.229 e. The lowest BCUT2D eigenvalue weighted by atomic mass is 9.96. The average Bonchev–Trinajstić information content (AvgIpc) is 2.96. The van der Waals surface area contributed by atoms with Crippen molar-refractivity contribution in [3.63, 3.8) is 0 Å². The van der Waals surface area contributed by atoms with Crippen LogP contribution in [0.4, 0.5) is 15.8 Å². The van der Waals surface area contributed by atoms with E-state index in [0.717, 1.165) is 0 Å². The Kier molecular flexibility index (Phi) is 4.10. The van der Waals surface area contributed by atoms with Gasteiger partial charge in [-0.1, -0.05) is 0 Å². The van der Waals surface area contributed by atoms with Crippen LogP contribution < -0.4 is 10.2 Å². The van der Waals surface area contributed by atoms with Crippen LogP contribution in [-0.4, -0.2) is 28.1 Å². The molecule has 120 valence electrons. The van der Waals surface area contributed by atoms with E-state index in [0.29, 0.717) is 30.8 Å². The lowest BCUT2D eigenvalue weighted by Crippen LogP contribution is -2.44. The molecule has 0 spiro atoms. The van der Waals surface area contributed by atoms with Crippen molar-refractivity contribution in [2.75, 3.05) is 16.8 Å². The average molecular weight is 316 g/mol. The van der Waals surface area contributed by atoms with E-state index in [-0.39, 0.29) is 23.5 Å². The molecule has 1 N–H and O–H groups in total. The molecule has 2 heterocycles. The molecule has 23 heavy (non-hydrogen) atoms. The molecule has 1 aliphatic rings. The van der Waals surface area contributed by atoms with E-state index in [2.05, 4.69) is 10.4 Å². The van der Waals surface area contributed by atoms with Crippen molar-refractivity contribution in [2.24, 2.45) is 13.0 Å². The van der Waals surface area contributed by atoms with Crippen LogP contribution in [-0.2, 0) is 16.6 Å². The lowest BCUT2D eigenvalue weighted by molar-refractivity contribution is -0.124. The molecule has 0 radical (unpaired) electrons. The summed E-state index contributed by atoms with van der Waals surface area (Å²) >= 11 is 0. The second-order valence-corrected chi connectivity index (χ2v) is 5.61. The standard InChI is InChI=1S/C16H17FN4O2/c1-20-10-14(8-18-20)21-9-11(2-7-15(21)22)16(23)19-13-5-3-12(17)4-6-13/h3-6,8,10-11H,2,7,9H2,1H3,(H,19,23). The normalized spacial score (nSPS) is 18.1. The molecule has 0 aliphatic carbocycles. The van der Waals surface area contributed by atoms with E-state index < -0.39 is 0 Å². The van der Waals surface area contributed by atoms with Crippen LogP contribution in [0.15, 0.2) is 36.7 Å². The number of aromatic nitrogens is 2. The van der Waals surface area contributed by atoms with Gasteiger partial charge >= 0.3 is 0 Å². The second kappa shape index (κ2) is 6.20. The van der Waals surface area contributed by atoms with E-state index in [1.807, 2.05) is 0 Å². The minimum Gasteiger partial charge on any atom is -0.326 e. The number of hydrogen-bond acceptors (Lipinski definition) is 3. The number of benzene rings is 1. The summed E-state index contributed by atoms with van der Waals surface area (Å²) in [4.78, 5) is 26.0. The van der Waals surface area contributed by atoms with Crippen LogP contribution >= 0.6 is 0 Å². The predicted octanol–water partition coefficient (Wildman–Crippen LogP) is 1.94. The number of hydrogen-bond donors (Lipinski definition) is 1. The molecular weight excluding hydrogens is 299 g/mol. The Morgan fingerprint density at radius 3 is 2.74 bits per heavy atom. The molecule has 1 saturated heterocycles. The molecule has 0 saturated carbocycles. The number of nitrogens with zero attached hydrogens (tertiary/aromatic N) is 3. The number of aryl methyl sites for hydroxylation is 1. The largest absolute Gasteiger partial charge is 0.326 e. The number of rotatable bonds is 3. The number of carbonyl (C=O) groups excluding carboxylic acids is 2. The fourth-order valence-electron chi connectivity index (χ4n) is 2.63. The van der Waals surface area contributed by atoms with Crippen LogP contribution in [0.5, 0.6) is 0 Å². The zero-order chi connectivity index (χ0) is 16.4. The Morgan fingerprint density at radius 2 is 2.09 bits per heavy atom. The minimum atomic E-state index is -0.353. The fraction of sp³-hybridized carbons (Fsp3) is 0.312. The van der Waals surface area contributed by atoms with Gasteiger partial charge in [-0.15, -0.1) is 0 Å². The van der Waals surface area contributed by atoms with Gasteiger partial charge in [-0.25, -0.2) is 4.39 Å². The predicted molar refractivity (Wildman–Crippen MR) is 83.3 cm³/mol. The SMILES string of the molecule is Cn1cc(N2CC(C(=O)Nc3ccc(F)cc3)CCC2=O)cn1. The van der Waals surface area contributed by atoms with Gasteiger partial charge in [-0.05, 0) is 30.7 Å². The quantitative estimate of drug-likeness (QED) is 0.941. The number of nitrogens with one attached hydrogen (secondary N) is 1. The molecule has 1 aliphatic heterocycles. The number of amides is 2. The van der Waals surface area contributed by atoms with Crippen molar-refractivity contribution in [2.45, 2.75) is 12.8 Å². The maximum atomic E-state index is 12.9. The fourth-order valence-corrected chi connectivity index (χ4v) is 2.63. The van der Waals surface area contributed by atoms with Crippen LogP contribution in [0.2, 0.25) is 0 Å². The van der Waals surface area contributed by atoms with Gasteiger partial charge in [0.2, 0.25) is 11.8 Å². The molecule has 1 aromatic heterocycles. The van der Waals surface area contributed by atoms with Gasteiger partial charge in [0.15, 0.2) is 0 Å². The Hall–Kier alpha value is -2.70. The third kappa shape index (κ3) is 3.39. The second-order valence-electron chi connectivity index (χ2n) is 5.61. The van der Waals surface area contributed by atoms with Crippen LogP contribution in [0.25, 0.3) is 0 Å². The summed E-state index contributed by atoms with van der Waals surface area (Å²) in [6.45, 7) is 0.317. The summed E-state index contributed by atoms with van der Waals surface area (Å²) in [5.74, 6) is -0.839. The Balaban J connectivity index is 1.69.